The number of aromatic nitrogens is 2. The van der Waals surface area contributed by atoms with Gasteiger partial charge >= 0.3 is 0 Å². The third-order valence-corrected chi connectivity index (χ3v) is 4.32. The van der Waals surface area contributed by atoms with Crippen LogP contribution in [0, 0.1) is 18.3 Å². The van der Waals surface area contributed by atoms with Crippen LogP contribution < -0.4 is 5.32 Å². The summed E-state index contributed by atoms with van der Waals surface area (Å²) in [5.41, 5.74) is 1.84. The number of nitriles is 1. The minimum Gasteiger partial charge on any atom is -0.325 e. The molecule has 3 rings (SSSR count). The first-order valence-electron chi connectivity index (χ1n) is 6.73. The van der Waals surface area contributed by atoms with Gasteiger partial charge < -0.3 is 9.88 Å². The van der Waals surface area contributed by atoms with Gasteiger partial charge in [-0.05, 0) is 45.4 Å². The van der Waals surface area contributed by atoms with Crippen LogP contribution in [-0.2, 0) is 0 Å². The topological polar surface area (TPSA) is 53.6 Å². The Morgan fingerprint density at radius 3 is 2.95 bits per heavy atom. The summed E-state index contributed by atoms with van der Waals surface area (Å²) in [7, 11) is 1.88. The van der Waals surface area contributed by atoms with Crippen LogP contribution in [0.1, 0.15) is 31.1 Å². The number of hydrogen-bond acceptors (Lipinski definition) is 3. The molecule has 1 aliphatic carbocycles. The first-order chi connectivity index (χ1) is 9.19. The second-order valence-corrected chi connectivity index (χ2v) is 5.36. The molecule has 4 heteroatoms. The van der Waals surface area contributed by atoms with E-state index in [9.17, 15) is 5.26 Å². The molecule has 0 spiro atoms. The summed E-state index contributed by atoms with van der Waals surface area (Å²) < 4.78 is 2.30. The smallest absolute Gasteiger partial charge is 0.108 e. The zero-order valence-electron chi connectivity index (χ0n) is 11.3. The Morgan fingerprint density at radius 2 is 2.26 bits per heavy atom. The molecule has 19 heavy (non-hydrogen) atoms. The minimum absolute atomic E-state index is 0.361. The predicted molar refractivity (Wildman–Crippen MR) is 74.8 cm³/mol. The largest absolute Gasteiger partial charge is 0.325 e. The zero-order chi connectivity index (χ0) is 13.5. The first-order valence-corrected chi connectivity index (χ1v) is 6.73. The average molecular weight is 254 g/mol. The monoisotopic (exact) mass is 254 g/mol. The molecule has 0 aliphatic heterocycles. The van der Waals surface area contributed by atoms with Crippen LogP contribution in [0.5, 0.6) is 0 Å². The van der Waals surface area contributed by atoms with Crippen LogP contribution in [0.3, 0.4) is 0 Å². The molecule has 1 aromatic heterocycles. The molecular weight excluding hydrogens is 236 g/mol. The van der Waals surface area contributed by atoms with E-state index in [1.165, 1.54) is 5.52 Å². The molecule has 0 bridgehead atoms. The van der Waals surface area contributed by atoms with Crippen LogP contribution >= 0.6 is 0 Å². The number of imidazole rings is 1. The molecule has 1 saturated carbocycles. The molecule has 2 atom stereocenters. The lowest BCUT2D eigenvalue weighted by atomic mass is 10.00. The predicted octanol–water partition coefficient (Wildman–Crippen LogP) is 2.55. The molecule has 0 saturated heterocycles. The van der Waals surface area contributed by atoms with Gasteiger partial charge in [-0.15, -0.1) is 0 Å². The molecule has 1 N–H and O–H groups in total. The third-order valence-electron chi connectivity index (χ3n) is 4.32. The summed E-state index contributed by atoms with van der Waals surface area (Å²) in [6.07, 6.45) is 2.77. The van der Waals surface area contributed by atoms with Gasteiger partial charge in [0.05, 0.1) is 17.1 Å². The Kier molecular flexibility index (Phi) is 2.79. The van der Waals surface area contributed by atoms with Crippen molar-refractivity contribution in [2.45, 2.75) is 37.8 Å². The van der Waals surface area contributed by atoms with E-state index in [0.717, 1.165) is 30.6 Å². The molecular formula is C15H18N4. The SMILES string of the molecule is CNC1(C#N)CCC(n2c(C)nc3ccccc32)C1. The van der Waals surface area contributed by atoms with Crippen LogP contribution in [0.15, 0.2) is 24.3 Å². The van der Waals surface area contributed by atoms with Crippen molar-refractivity contribution in [3.8, 4) is 6.07 Å². The number of nitrogens with one attached hydrogen (secondary N) is 1. The van der Waals surface area contributed by atoms with Gasteiger partial charge in [-0.2, -0.15) is 5.26 Å². The summed E-state index contributed by atoms with van der Waals surface area (Å²) in [4.78, 5) is 4.62. The zero-order valence-corrected chi connectivity index (χ0v) is 11.3. The molecule has 4 nitrogen and oxygen atoms in total. The highest BCUT2D eigenvalue weighted by atomic mass is 15.1. The van der Waals surface area contributed by atoms with Gasteiger partial charge in [0, 0.05) is 6.04 Å². The van der Waals surface area contributed by atoms with Crippen LogP contribution in [0.4, 0.5) is 0 Å². The maximum absolute atomic E-state index is 9.38. The maximum Gasteiger partial charge on any atom is 0.108 e. The number of para-hydroxylation sites is 2. The number of fused-ring (bicyclic) bond motifs is 1. The van der Waals surface area contributed by atoms with Crippen LogP contribution in [0.2, 0.25) is 0 Å². The van der Waals surface area contributed by atoms with E-state index in [1.807, 2.05) is 32.2 Å². The fourth-order valence-corrected chi connectivity index (χ4v) is 3.25. The molecule has 0 radical (unpaired) electrons. The van der Waals surface area contributed by atoms with E-state index < -0.39 is 0 Å². The lowest BCUT2D eigenvalue weighted by molar-refractivity contribution is 0.430. The van der Waals surface area contributed by atoms with Gasteiger partial charge in [-0.25, -0.2) is 4.98 Å². The van der Waals surface area contributed by atoms with Crippen molar-refractivity contribution in [1.82, 2.24) is 14.9 Å². The number of nitrogens with zero attached hydrogens (tertiary/aromatic N) is 3. The molecule has 1 fully saturated rings. The molecule has 2 aromatic rings. The van der Waals surface area contributed by atoms with E-state index in [1.54, 1.807) is 0 Å². The van der Waals surface area contributed by atoms with Crippen molar-refractivity contribution < 1.29 is 0 Å². The van der Waals surface area contributed by atoms with Crippen molar-refractivity contribution in [2.75, 3.05) is 7.05 Å². The summed E-state index contributed by atoms with van der Waals surface area (Å²) in [5, 5.41) is 12.6. The van der Waals surface area contributed by atoms with Crippen molar-refractivity contribution in [1.29, 1.82) is 5.26 Å². The summed E-state index contributed by atoms with van der Waals surface area (Å²) in [6, 6.07) is 11.0. The lowest BCUT2D eigenvalue weighted by Gasteiger charge is -2.21. The lowest BCUT2D eigenvalue weighted by Crippen LogP contribution is -2.38. The third kappa shape index (κ3) is 1.82. The van der Waals surface area contributed by atoms with Crippen molar-refractivity contribution in [3.63, 3.8) is 0 Å². The summed E-state index contributed by atoms with van der Waals surface area (Å²) in [6.45, 7) is 2.05. The Bertz CT molecular complexity index is 652. The van der Waals surface area contributed by atoms with E-state index in [2.05, 4.69) is 27.0 Å². The molecule has 98 valence electrons. The highest BCUT2D eigenvalue weighted by Crippen LogP contribution is 2.39. The second-order valence-electron chi connectivity index (χ2n) is 5.36. The van der Waals surface area contributed by atoms with Crippen molar-refractivity contribution in [2.24, 2.45) is 0 Å². The van der Waals surface area contributed by atoms with Gasteiger partial charge in [-0.1, -0.05) is 12.1 Å². The Morgan fingerprint density at radius 1 is 1.47 bits per heavy atom. The number of hydrogen-bond donors (Lipinski definition) is 1. The number of aryl methyl sites for hydroxylation is 1. The molecule has 1 heterocycles. The standard InChI is InChI=1S/C15H18N4/c1-11-18-13-5-3-4-6-14(13)19(11)12-7-8-15(9-12,10-16)17-2/h3-6,12,17H,7-9H2,1-2H3. The van der Waals surface area contributed by atoms with E-state index in [4.69, 9.17) is 0 Å². The number of benzene rings is 1. The van der Waals surface area contributed by atoms with Gasteiger partial charge in [0.25, 0.3) is 0 Å². The van der Waals surface area contributed by atoms with Gasteiger partial charge in [0.1, 0.15) is 11.4 Å². The average Bonchev–Trinajstić information content (AvgIpc) is 2.99. The molecule has 1 aromatic carbocycles. The Hall–Kier alpha value is -1.86. The maximum atomic E-state index is 9.38. The highest BCUT2D eigenvalue weighted by Gasteiger charge is 2.39. The number of rotatable bonds is 2. The summed E-state index contributed by atoms with van der Waals surface area (Å²) in [5.74, 6) is 1.04. The van der Waals surface area contributed by atoms with E-state index in [-0.39, 0.29) is 5.54 Å². The molecule has 2 unspecified atom stereocenters. The first kappa shape index (κ1) is 12.2. The Labute approximate surface area is 113 Å². The van der Waals surface area contributed by atoms with E-state index in [0.29, 0.717) is 6.04 Å². The fraction of sp³-hybridized carbons (Fsp3) is 0.467. The van der Waals surface area contributed by atoms with Crippen molar-refractivity contribution in [3.05, 3.63) is 30.1 Å². The van der Waals surface area contributed by atoms with Gasteiger partial charge in [0.2, 0.25) is 0 Å². The van der Waals surface area contributed by atoms with Crippen LogP contribution in [0.25, 0.3) is 11.0 Å². The molecule has 1 aliphatic rings. The highest BCUT2D eigenvalue weighted by molar-refractivity contribution is 5.76. The van der Waals surface area contributed by atoms with Crippen LogP contribution in [-0.4, -0.2) is 22.1 Å². The van der Waals surface area contributed by atoms with Gasteiger partial charge in [0.15, 0.2) is 0 Å². The Balaban J connectivity index is 2.03. The van der Waals surface area contributed by atoms with Crippen molar-refractivity contribution >= 4 is 11.0 Å². The van der Waals surface area contributed by atoms with Gasteiger partial charge in [-0.3, -0.25) is 0 Å². The minimum atomic E-state index is -0.373. The second kappa shape index (κ2) is 4.36. The molecule has 0 amide bonds. The van der Waals surface area contributed by atoms with E-state index >= 15 is 0 Å². The fourth-order valence-electron chi connectivity index (χ4n) is 3.25. The summed E-state index contributed by atoms with van der Waals surface area (Å²) >= 11 is 0. The normalized spacial score (nSPS) is 26.7. The quantitative estimate of drug-likeness (QED) is 0.896.